The third kappa shape index (κ3) is 4.27. The zero-order valence-electron chi connectivity index (χ0n) is 12.2. The Morgan fingerprint density at radius 2 is 2.04 bits per heavy atom. The van der Waals surface area contributed by atoms with Crippen LogP contribution in [0.25, 0.3) is 10.2 Å². The van der Waals surface area contributed by atoms with E-state index in [1.165, 1.54) is 30.2 Å². The molecule has 0 saturated heterocycles. The van der Waals surface area contributed by atoms with Gasteiger partial charge in [-0.2, -0.15) is 0 Å². The maximum atomic E-state index is 12.8. The lowest BCUT2D eigenvalue weighted by atomic mass is 10.1. The van der Waals surface area contributed by atoms with Gasteiger partial charge in [0.1, 0.15) is 22.0 Å². The van der Waals surface area contributed by atoms with Crippen LogP contribution in [-0.4, -0.2) is 28.2 Å². The topological polar surface area (TPSA) is 54.9 Å². The van der Waals surface area contributed by atoms with Crippen LogP contribution in [0.3, 0.4) is 0 Å². The molecule has 1 aromatic carbocycles. The van der Waals surface area contributed by atoms with Crippen molar-refractivity contribution in [2.75, 3.05) is 12.3 Å². The Hall–Kier alpha value is -1.99. The zero-order chi connectivity index (χ0) is 16.1. The molecular formula is C16H14FN3OS2. The number of hydrogen-bond acceptors (Lipinski definition) is 5. The predicted molar refractivity (Wildman–Crippen MR) is 91.3 cm³/mol. The van der Waals surface area contributed by atoms with Gasteiger partial charge in [-0.3, -0.25) is 4.79 Å². The van der Waals surface area contributed by atoms with Crippen LogP contribution in [-0.2, 0) is 11.2 Å². The van der Waals surface area contributed by atoms with E-state index in [4.69, 9.17) is 0 Å². The van der Waals surface area contributed by atoms with Crippen molar-refractivity contribution in [3.63, 3.8) is 0 Å². The Bertz CT molecular complexity index is 804. The number of benzene rings is 1. The monoisotopic (exact) mass is 347 g/mol. The zero-order valence-corrected chi connectivity index (χ0v) is 13.8. The summed E-state index contributed by atoms with van der Waals surface area (Å²) in [6, 6.07) is 8.27. The number of nitrogens with zero attached hydrogens (tertiary/aromatic N) is 2. The molecule has 7 heteroatoms. The van der Waals surface area contributed by atoms with Gasteiger partial charge < -0.3 is 5.32 Å². The highest BCUT2D eigenvalue weighted by Gasteiger charge is 2.08. The average Bonchev–Trinajstić information content (AvgIpc) is 3.04. The van der Waals surface area contributed by atoms with E-state index < -0.39 is 0 Å². The predicted octanol–water partition coefficient (Wildman–Crippen LogP) is 3.28. The molecular weight excluding hydrogens is 333 g/mol. The standard InChI is InChI=1S/C16H14FN3OS2/c17-12-3-1-11(2-4-12)5-7-18-14(21)9-23-16-13-6-8-22-15(13)19-10-20-16/h1-4,6,8,10H,5,7,9H2,(H,18,21). The highest BCUT2D eigenvalue weighted by Crippen LogP contribution is 2.27. The van der Waals surface area contributed by atoms with Crippen molar-refractivity contribution >= 4 is 39.2 Å². The molecule has 118 valence electrons. The Kier molecular flexibility index (Phi) is 5.19. The normalized spacial score (nSPS) is 10.8. The third-order valence-corrected chi connectivity index (χ3v) is 5.04. The molecule has 0 aliphatic heterocycles. The number of hydrogen-bond donors (Lipinski definition) is 1. The fourth-order valence-corrected chi connectivity index (χ4v) is 3.67. The largest absolute Gasteiger partial charge is 0.355 e. The number of amides is 1. The van der Waals surface area contributed by atoms with Crippen molar-refractivity contribution in [1.29, 1.82) is 0 Å². The highest BCUT2D eigenvalue weighted by atomic mass is 32.2. The second-order valence-electron chi connectivity index (χ2n) is 4.83. The van der Waals surface area contributed by atoms with Crippen molar-refractivity contribution in [2.24, 2.45) is 0 Å². The molecule has 0 aliphatic rings. The average molecular weight is 347 g/mol. The molecule has 0 unspecified atom stereocenters. The van der Waals surface area contributed by atoms with Crippen molar-refractivity contribution in [1.82, 2.24) is 15.3 Å². The first kappa shape index (κ1) is 15.9. The van der Waals surface area contributed by atoms with E-state index in [9.17, 15) is 9.18 Å². The molecule has 2 aromatic heterocycles. The third-order valence-electron chi connectivity index (χ3n) is 3.21. The van der Waals surface area contributed by atoms with Crippen molar-refractivity contribution in [2.45, 2.75) is 11.4 Å². The van der Waals surface area contributed by atoms with Crippen molar-refractivity contribution < 1.29 is 9.18 Å². The quantitative estimate of drug-likeness (QED) is 0.549. The second-order valence-corrected chi connectivity index (χ2v) is 6.69. The van der Waals surface area contributed by atoms with Gasteiger partial charge in [-0.05, 0) is 35.6 Å². The van der Waals surface area contributed by atoms with E-state index in [2.05, 4.69) is 15.3 Å². The number of rotatable bonds is 6. The van der Waals surface area contributed by atoms with Crippen LogP contribution in [0, 0.1) is 5.82 Å². The van der Waals surface area contributed by atoms with E-state index in [1.807, 2.05) is 11.4 Å². The van der Waals surface area contributed by atoms with Gasteiger partial charge in [0.05, 0.1) is 5.75 Å². The van der Waals surface area contributed by atoms with E-state index in [1.54, 1.807) is 23.5 Å². The number of aromatic nitrogens is 2. The molecule has 0 aliphatic carbocycles. The van der Waals surface area contributed by atoms with Gasteiger partial charge in [-0.15, -0.1) is 11.3 Å². The molecule has 23 heavy (non-hydrogen) atoms. The molecule has 2 heterocycles. The van der Waals surface area contributed by atoms with E-state index in [0.717, 1.165) is 20.8 Å². The lowest BCUT2D eigenvalue weighted by molar-refractivity contribution is -0.118. The van der Waals surface area contributed by atoms with Crippen LogP contribution in [0.1, 0.15) is 5.56 Å². The first-order chi connectivity index (χ1) is 11.2. The summed E-state index contributed by atoms with van der Waals surface area (Å²) in [5, 5.41) is 6.64. The summed E-state index contributed by atoms with van der Waals surface area (Å²) >= 11 is 2.96. The fourth-order valence-electron chi connectivity index (χ4n) is 2.06. The van der Waals surface area contributed by atoms with Crippen LogP contribution in [0.2, 0.25) is 0 Å². The van der Waals surface area contributed by atoms with Gasteiger partial charge in [0, 0.05) is 11.9 Å². The van der Waals surface area contributed by atoms with Gasteiger partial charge in [0.15, 0.2) is 0 Å². The Morgan fingerprint density at radius 3 is 2.87 bits per heavy atom. The minimum absolute atomic E-state index is 0.0425. The second kappa shape index (κ2) is 7.52. The number of nitrogens with one attached hydrogen (secondary N) is 1. The van der Waals surface area contributed by atoms with Gasteiger partial charge in [-0.1, -0.05) is 23.9 Å². The lowest BCUT2D eigenvalue weighted by Crippen LogP contribution is -2.27. The Balaban J connectivity index is 1.46. The van der Waals surface area contributed by atoms with Gasteiger partial charge >= 0.3 is 0 Å². The molecule has 0 bridgehead atoms. The van der Waals surface area contributed by atoms with Crippen LogP contribution in [0.4, 0.5) is 4.39 Å². The van der Waals surface area contributed by atoms with E-state index >= 15 is 0 Å². The lowest BCUT2D eigenvalue weighted by Gasteiger charge is -2.05. The molecule has 3 aromatic rings. The number of halogens is 1. The van der Waals surface area contributed by atoms with Crippen molar-refractivity contribution in [3.8, 4) is 0 Å². The summed E-state index contributed by atoms with van der Waals surface area (Å²) in [7, 11) is 0. The molecule has 0 fully saturated rings. The molecule has 0 spiro atoms. The van der Waals surface area contributed by atoms with Crippen LogP contribution in [0.5, 0.6) is 0 Å². The molecule has 4 nitrogen and oxygen atoms in total. The van der Waals surface area contributed by atoms with E-state index in [-0.39, 0.29) is 11.7 Å². The molecule has 0 saturated carbocycles. The fraction of sp³-hybridized carbons (Fsp3) is 0.188. The number of carbonyl (C=O) groups is 1. The summed E-state index contributed by atoms with van der Waals surface area (Å²) in [6.07, 6.45) is 2.20. The maximum absolute atomic E-state index is 12.8. The summed E-state index contributed by atoms with van der Waals surface area (Å²) in [5.74, 6) is 0.0173. The minimum Gasteiger partial charge on any atom is -0.355 e. The highest BCUT2D eigenvalue weighted by molar-refractivity contribution is 8.00. The van der Waals surface area contributed by atoms with E-state index in [0.29, 0.717) is 18.7 Å². The minimum atomic E-state index is -0.251. The molecule has 1 N–H and O–H groups in total. The molecule has 3 rings (SSSR count). The number of thiophene rings is 1. The number of carbonyl (C=O) groups excluding carboxylic acids is 1. The van der Waals surface area contributed by atoms with Gasteiger partial charge in [0.25, 0.3) is 0 Å². The SMILES string of the molecule is O=C(CSc1ncnc2sccc12)NCCc1ccc(F)cc1. The molecule has 0 atom stereocenters. The molecule has 0 radical (unpaired) electrons. The first-order valence-electron chi connectivity index (χ1n) is 7.04. The summed E-state index contributed by atoms with van der Waals surface area (Å²) in [6.45, 7) is 0.530. The number of thioether (sulfide) groups is 1. The van der Waals surface area contributed by atoms with Crippen LogP contribution in [0.15, 0.2) is 47.1 Å². The van der Waals surface area contributed by atoms with Crippen LogP contribution >= 0.6 is 23.1 Å². The summed E-state index contributed by atoms with van der Waals surface area (Å²) in [5.41, 5.74) is 0.995. The molecule has 1 amide bonds. The van der Waals surface area contributed by atoms with Crippen molar-refractivity contribution in [3.05, 3.63) is 53.4 Å². The first-order valence-corrected chi connectivity index (χ1v) is 8.91. The van der Waals surface area contributed by atoms with Gasteiger partial charge in [-0.25, -0.2) is 14.4 Å². The Labute approximate surface area is 141 Å². The summed E-state index contributed by atoms with van der Waals surface area (Å²) in [4.78, 5) is 21.2. The Morgan fingerprint density at radius 1 is 1.22 bits per heavy atom. The van der Waals surface area contributed by atoms with Gasteiger partial charge in [0.2, 0.25) is 5.91 Å². The smallest absolute Gasteiger partial charge is 0.230 e. The maximum Gasteiger partial charge on any atom is 0.230 e. The van der Waals surface area contributed by atoms with Crippen LogP contribution < -0.4 is 5.32 Å². The summed E-state index contributed by atoms with van der Waals surface area (Å²) < 4.78 is 12.8. The number of fused-ring (bicyclic) bond motifs is 1.